The summed E-state index contributed by atoms with van der Waals surface area (Å²) in [6.07, 6.45) is 5.02. The number of hydrogen-bond donors (Lipinski definition) is 1. The molecule has 0 aliphatic heterocycles. The summed E-state index contributed by atoms with van der Waals surface area (Å²) in [5.41, 5.74) is 0. The van der Waals surface area contributed by atoms with Crippen LogP contribution < -0.4 is 14.8 Å². The average Bonchev–Trinajstić information content (AvgIpc) is 2.35. The fourth-order valence-corrected chi connectivity index (χ4v) is 1.17. The molecule has 1 amide bonds. The monoisotopic (exact) mass is 233 g/mol. The number of ether oxygens (including phenoxy) is 2. The summed E-state index contributed by atoms with van der Waals surface area (Å²) in [5, 5.41) is 2.51. The van der Waals surface area contributed by atoms with Gasteiger partial charge in [0.05, 0.1) is 13.2 Å². The lowest BCUT2D eigenvalue weighted by molar-refractivity contribution is -0.122. The number of terminal acetylenes is 1. The molecular formula is C13H15NO3. The first-order chi connectivity index (χ1) is 8.26. The first kappa shape index (κ1) is 12.9. The van der Waals surface area contributed by atoms with E-state index in [0.717, 1.165) is 0 Å². The SMILES string of the molecule is C#CCNC(=O)COc1cccc(OCC)c1. The van der Waals surface area contributed by atoms with Gasteiger partial charge >= 0.3 is 0 Å². The third kappa shape index (κ3) is 4.94. The summed E-state index contributed by atoms with van der Waals surface area (Å²) in [5.74, 6) is 3.38. The quantitative estimate of drug-likeness (QED) is 0.751. The summed E-state index contributed by atoms with van der Waals surface area (Å²) in [6.45, 7) is 2.64. The van der Waals surface area contributed by atoms with Crippen LogP contribution in [0.5, 0.6) is 11.5 Å². The first-order valence-electron chi connectivity index (χ1n) is 5.32. The molecule has 0 heterocycles. The summed E-state index contributed by atoms with van der Waals surface area (Å²) in [7, 11) is 0. The smallest absolute Gasteiger partial charge is 0.258 e. The molecule has 4 nitrogen and oxygen atoms in total. The zero-order valence-corrected chi connectivity index (χ0v) is 9.73. The number of rotatable bonds is 6. The molecule has 0 aliphatic carbocycles. The van der Waals surface area contributed by atoms with E-state index in [1.165, 1.54) is 0 Å². The van der Waals surface area contributed by atoms with E-state index in [2.05, 4.69) is 11.2 Å². The lowest BCUT2D eigenvalue weighted by Crippen LogP contribution is -2.29. The molecule has 1 aromatic carbocycles. The number of hydrogen-bond acceptors (Lipinski definition) is 3. The Kier molecular flexibility index (Phi) is 5.45. The Balaban J connectivity index is 2.43. The van der Waals surface area contributed by atoms with Gasteiger partial charge in [-0.1, -0.05) is 12.0 Å². The van der Waals surface area contributed by atoms with Gasteiger partial charge in [-0.15, -0.1) is 6.42 Å². The van der Waals surface area contributed by atoms with Crippen molar-refractivity contribution in [1.82, 2.24) is 5.32 Å². The summed E-state index contributed by atoms with van der Waals surface area (Å²) < 4.78 is 10.6. The van der Waals surface area contributed by atoms with Crippen molar-refractivity contribution in [2.75, 3.05) is 19.8 Å². The van der Waals surface area contributed by atoms with Crippen molar-refractivity contribution in [1.29, 1.82) is 0 Å². The van der Waals surface area contributed by atoms with Crippen molar-refractivity contribution in [3.05, 3.63) is 24.3 Å². The summed E-state index contributed by atoms with van der Waals surface area (Å²) in [4.78, 5) is 11.2. The van der Waals surface area contributed by atoms with Gasteiger partial charge in [-0.25, -0.2) is 0 Å². The maximum Gasteiger partial charge on any atom is 0.258 e. The van der Waals surface area contributed by atoms with Crippen LogP contribution in [-0.4, -0.2) is 25.7 Å². The van der Waals surface area contributed by atoms with Crippen LogP contribution in [0.3, 0.4) is 0 Å². The van der Waals surface area contributed by atoms with Crippen LogP contribution in [0, 0.1) is 12.3 Å². The second kappa shape index (κ2) is 7.18. The minimum atomic E-state index is -0.246. The number of benzene rings is 1. The highest BCUT2D eigenvalue weighted by molar-refractivity contribution is 5.77. The molecule has 0 bridgehead atoms. The molecule has 0 fully saturated rings. The Bertz CT molecular complexity index is 409. The molecule has 1 aromatic rings. The lowest BCUT2D eigenvalue weighted by atomic mass is 10.3. The van der Waals surface area contributed by atoms with E-state index in [1.54, 1.807) is 18.2 Å². The van der Waals surface area contributed by atoms with Crippen LogP contribution in [0.15, 0.2) is 24.3 Å². The second-order valence-corrected chi connectivity index (χ2v) is 3.18. The van der Waals surface area contributed by atoms with Gasteiger partial charge < -0.3 is 14.8 Å². The second-order valence-electron chi connectivity index (χ2n) is 3.18. The van der Waals surface area contributed by atoms with E-state index in [0.29, 0.717) is 18.1 Å². The molecule has 0 radical (unpaired) electrons. The van der Waals surface area contributed by atoms with Gasteiger partial charge in [-0.2, -0.15) is 0 Å². The molecule has 17 heavy (non-hydrogen) atoms. The van der Waals surface area contributed by atoms with Gasteiger partial charge in [-0.05, 0) is 19.1 Å². The van der Waals surface area contributed by atoms with Gasteiger partial charge in [-0.3, -0.25) is 4.79 Å². The third-order valence-electron chi connectivity index (χ3n) is 1.87. The van der Waals surface area contributed by atoms with Crippen LogP contribution in [-0.2, 0) is 4.79 Å². The topological polar surface area (TPSA) is 47.6 Å². The predicted molar refractivity (Wildman–Crippen MR) is 64.9 cm³/mol. The Morgan fingerprint density at radius 3 is 2.76 bits per heavy atom. The van der Waals surface area contributed by atoms with Crippen molar-refractivity contribution in [2.45, 2.75) is 6.92 Å². The Morgan fingerprint density at radius 1 is 1.41 bits per heavy atom. The van der Waals surface area contributed by atoms with Crippen molar-refractivity contribution in [2.24, 2.45) is 0 Å². The maximum atomic E-state index is 11.2. The zero-order chi connectivity index (χ0) is 12.5. The highest BCUT2D eigenvalue weighted by Crippen LogP contribution is 2.19. The number of nitrogens with one attached hydrogen (secondary N) is 1. The predicted octanol–water partition coefficient (Wildman–Crippen LogP) is 1.21. The minimum absolute atomic E-state index is 0.0583. The summed E-state index contributed by atoms with van der Waals surface area (Å²) >= 11 is 0. The number of amides is 1. The molecule has 90 valence electrons. The van der Waals surface area contributed by atoms with Gasteiger partial charge in [0.25, 0.3) is 5.91 Å². The highest BCUT2D eigenvalue weighted by Gasteiger charge is 2.02. The molecular weight excluding hydrogens is 218 g/mol. The van der Waals surface area contributed by atoms with Crippen LogP contribution in [0.4, 0.5) is 0 Å². The zero-order valence-electron chi connectivity index (χ0n) is 9.73. The van der Waals surface area contributed by atoms with Gasteiger partial charge in [0.15, 0.2) is 6.61 Å². The third-order valence-corrected chi connectivity index (χ3v) is 1.87. The van der Waals surface area contributed by atoms with E-state index < -0.39 is 0 Å². The molecule has 0 unspecified atom stereocenters. The summed E-state index contributed by atoms with van der Waals surface area (Å²) in [6, 6.07) is 7.13. The van der Waals surface area contributed by atoms with E-state index in [9.17, 15) is 4.79 Å². The Labute approximate surface area is 101 Å². The van der Waals surface area contributed by atoms with E-state index in [-0.39, 0.29) is 19.1 Å². The fourth-order valence-electron chi connectivity index (χ4n) is 1.17. The molecule has 0 aliphatic rings. The van der Waals surface area contributed by atoms with E-state index in [4.69, 9.17) is 15.9 Å². The van der Waals surface area contributed by atoms with Gasteiger partial charge in [0.2, 0.25) is 0 Å². The molecule has 0 saturated carbocycles. The Hall–Kier alpha value is -2.15. The molecule has 0 spiro atoms. The maximum absolute atomic E-state index is 11.2. The van der Waals surface area contributed by atoms with Crippen molar-refractivity contribution >= 4 is 5.91 Å². The van der Waals surface area contributed by atoms with Gasteiger partial charge in [0.1, 0.15) is 11.5 Å². The largest absolute Gasteiger partial charge is 0.494 e. The standard InChI is InChI=1S/C13H15NO3/c1-3-8-14-13(15)10-17-12-7-5-6-11(9-12)16-4-2/h1,5-7,9H,4,8,10H2,2H3,(H,14,15). The molecule has 1 N–H and O–H groups in total. The molecule has 0 aromatic heterocycles. The highest BCUT2D eigenvalue weighted by atomic mass is 16.5. The molecule has 0 atom stereocenters. The van der Waals surface area contributed by atoms with Gasteiger partial charge in [0, 0.05) is 6.07 Å². The normalized spacial score (nSPS) is 9.18. The van der Waals surface area contributed by atoms with Crippen molar-refractivity contribution in [3.63, 3.8) is 0 Å². The molecule has 0 saturated heterocycles. The van der Waals surface area contributed by atoms with Crippen molar-refractivity contribution in [3.8, 4) is 23.8 Å². The van der Waals surface area contributed by atoms with Crippen LogP contribution in [0.1, 0.15) is 6.92 Å². The van der Waals surface area contributed by atoms with Crippen LogP contribution >= 0.6 is 0 Å². The first-order valence-corrected chi connectivity index (χ1v) is 5.32. The lowest BCUT2D eigenvalue weighted by Gasteiger charge is -2.08. The average molecular weight is 233 g/mol. The molecule has 1 rings (SSSR count). The fraction of sp³-hybridized carbons (Fsp3) is 0.308. The molecule has 4 heteroatoms. The number of carbonyl (C=O) groups excluding carboxylic acids is 1. The van der Waals surface area contributed by atoms with E-state index in [1.807, 2.05) is 13.0 Å². The Morgan fingerprint density at radius 2 is 2.12 bits per heavy atom. The van der Waals surface area contributed by atoms with E-state index >= 15 is 0 Å². The number of carbonyl (C=O) groups is 1. The minimum Gasteiger partial charge on any atom is -0.494 e. The van der Waals surface area contributed by atoms with Crippen LogP contribution in [0.2, 0.25) is 0 Å². The van der Waals surface area contributed by atoms with Crippen LogP contribution in [0.25, 0.3) is 0 Å². The van der Waals surface area contributed by atoms with Crippen molar-refractivity contribution < 1.29 is 14.3 Å².